The Bertz CT molecular complexity index is 231. The van der Waals surface area contributed by atoms with Gasteiger partial charge in [0.1, 0.15) is 0 Å². The summed E-state index contributed by atoms with van der Waals surface area (Å²) < 4.78 is 6.13. The van der Waals surface area contributed by atoms with E-state index in [1.807, 2.05) is 13.8 Å². The molecular weight excluding hydrogens is 216 g/mol. The zero-order chi connectivity index (χ0) is 13.1. The average Bonchev–Trinajstić information content (AvgIpc) is 2.12. The highest BCUT2D eigenvalue weighted by Crippen LogP contribution is 2.37. The summed E-state index contributed by atoms with van der Waals surface area (Å²) >= 11 is 0. The highest BCUT2D eigenvalue weighted by Gasteiger charge is 2.39. The van der Waals surface area contributed by atoms with Gasteiger partial charge in [-0.25, -0.2) is 0 Å². The quantitative estimate of drug-likeness (QED) is 0.592. The van der Waals surface area contributed by atoms with Gasteiger partial charge in [-0.3, -0.25) is 0 Å². The van der Waals surface area contributed by atoms with E-state index in [9.17, 15) is 5.11 Å². The van der Waals surface area contributed by atoms with Crippen LogP contribution in [0.3, 0.4) is 0 Å². The van der Waals surface area contributed by atoms with Gasteiger partial charge in [-0.1, -0.05) is 33.8 Å². The Morgan fingerprint density at radius 1 is 1.25 bits per heavy atom. The van der Waals surface area contributed by atoms with Crippen molar-refractivity contribution in [3.8, 4) is 0 Å². The summed E-state index contributed by atoms with van der Waals surface area (Å²) in [5.41, 5.74) is 0. The molecule has 0 amide bonds. The van der Waals surface area contributed by atoms with E-state index in [2.05, 4.69) is 40.4 Å². The van der Waals surface area contributed by atoms with Gasteiger partial charge < -0.3 is 9.53 Å². The van der Waals surface area contributed by atoms with Crippen LogP contribution in [0.5, 0.6) is 0 Å². The van der Waals surface area contributed by atoms with Crippen LogP contribution in [0.25, 0.3) is 0 Å². The molecule has 0 unspecified atom stereocenters. The minimum absolute atomic E-state index is 0.0692. The van der Waals surface area contributed by atoms with Gasteiger partial charge in [0, 0.05) is 5.92 Å². The lowest BCUT2D eigenvalue weighted by molar-refractivity contribution is 0.0169. The molecule has 16 heavy (non-hydrogen) atoms. The Balaban J connectivity index is 4.56. The fraction of sp³-hybridized carbons (Fsp3) is 0.846. The van der Waals surface area contributed by atoms with Crippen molar-refractivity contribution in [2.45, 2.75) is 65.0 Å². The van der Waals surface area contributed by atoms with Gasteiger partial charge in [0.2, 0.25) is 0 Å². The van der Waals surface area contributed by atoms with Gasteiger partial charge in [-0.2, -0.15) is 0 Å². The molecule has 0 aliphatic heterocycles. The first-order chi connectivity index (χ1) is 7.03. The molecule has 0 radical (unpaired) electrons. The third-order valence-electron chi connectivity index (χ3n) is 3.68. The van der Waals surface area contributed by atoms with E-state index in [0.29, 0.717) is 0 Å². The van der Waals surface area contributed by atoms with E-state index in [0.717, 1.165) is 0 Å². The molecule has 0 saturated carbocycles. The molecular formula is C13H28O2Si. The molecule has 3 atom stereocenters. The Morgan fingerprint density at radius 3 is 2.00 bits per heavy atom. The summed E-state index contributed by atoms with van der Waals surface area (Å²) in [6, 6.07) is 0. The third-order valence-corrected chi connectivity index (χ3v) is 8.25. The number of aliphatic hydroxyl groups is 1. The highest BCUT2D eigenvalue weighted by molar-refractivity contribution is 6.74. The predicted molar refractivity (Wildman–Crippen MR) is 73.1 cm³/mol. The van der Waals surface area contributed by atoms with Crippen LogP contribution < -0.4 is 0 Å². The molecule has 0 aliphatic carbocycles. The number of rotatable bonds is 5. The van der Waals surface area contributed by atoms with Crippen LogP contribution in [0.4, 0.5) is 0 Å². The summed E-state index contributed by atoms with van der Waals surface area (Å²) in [7, 11) is -1.78. The lowest BCUT2D eigenvalue weighted by Gasteiger charge is -2.40. The second-order valence-corrected chi connectivity index (χ2v) is 10.9. The van der Waals surface area contributed by atoms with Crippen LogP contribution >= 0.6 is 0 Å². The fourth-order valence-corrected chi connectivity index (χ4v) is 2.70. The third kappa shape index (κ3) is 4.04. The Hall–Kier alpha value is -0.123. The topological polar surface area (TPSA) is 29.5 Å². The van der Waals surface area contributed by atoms with Crippen LogP contribution in [-0.2, 0) is 4.43 Å². The molecule has 0 aromatic rings. The summed E-state index contributed by atoms with van der Waals surface area (Å²) in [5.74, 6) is 0.0692. The van der Waals surface area contributed by atoms with E-state index < -0.39 is 14.4 Å². The molecule has 0 saturated heterocycles. The van der Waals surface area contributed by atoms with Gasteiger partial charge in [0.25, 0.3) is 0 Å². The molecule has 2 nitrogen and oxygen atoms in total. The van der Waals surface area contributed by atoms with Crippen molar-refractivity contribution in [3.05, 3.63) is 12.7 Å². The van der Waals surface area contributed by atoms with Crippen LogP contribution in [0, 0.1) is 5.92 Å². The molecule has 1 N–H and O–H groups in total. The van der Waals surface area contributed by atoms with Crippen LogP contribution in [-0.4, -0.2) is 25.6 Å². The number of aliphatic hydroxyl groups excluding tert-OH is 1. The summed E-state index contributed by atoms with van der Waals surface area (Å²) in [4.78, 5) is 0. The van der Waals surface area contributed by atoms with E-state index in [1.165, 1.54) is 0 Å². The number of hydrogen-bond donors (Lipinski definition) is 1. The van der Waals surface area contributed by atoms with E-state index in [-0.39, 0.29) is 17.1 Å². The second-order valence-electron chi connectivity index (χ2n) is 6.17. The van der Waals surface area contributed by atoms with Gasteiger partial charge >= 0.3 is 0 Å². The molecule has 96 valence electrons. The van der Waals surface area contributed by atoms with Crippen molar-refractivity contribution >= 4 is 8.32 Å². The first-order valence-electron chi connectivity index (χ1n) is 6.01. The minimum atomic E-state index is -1.78. The highest BCUT2D eigenvalue weighted by atomic mass is 28.4. The maximum Gasteiger partial charge on any atom is 0.192 e. The fourth-order valence-electron chi connectivity index (χ4n) is 1.28. The Morgan fingerprint density at radius 2 is 1.69 bits per heavy atom. The van der Waals surface area contributed by atoms with Crippen LogP contribution in [0.2, 0.25) is 18.1 Å². The van der Waals surface area contributed by atoms with Gasteiger partial charge in [0.05, 0.1) is 12.2 Å². The lowest BCUT2D eigenvalue weighted by Crippen LogP contribution is -2.47. The van der Waals surface area contributed by atoms with E-state index >= 15 is 0 Å². The van der Waals surface area contributed by atoms with Crippen molar-refractivity contribution in [2.24, 2.45) is 5.92 Å². The van der Waals surface area contributed by atoms with Crippen molar-refractivity contribution in [2.75, 3.05) is 0 Å². The molecule has 0 aliphatic rings. The predicted octanol–water partition coefficient (Wildman–Crippen LogP) is 3.58. The normalized spacial score (nSPS) is 19.0. The second kappa shape index (κ2) is 5.47. The maximum atomic E-state index is 10.0. The van der Waals surface area contributed by atoms with Crippen molar-refractivity contribution in [1.29, 1.82) is 0 Å². The lowest BCUT2D eigenvalue weighted by atomic mass is 10.0. The molecule has 3 heteroatoms. The van der Waals surface area contributed by atoms with Gasteiger partial charge in [-0.15, -0.1) is 6.58 Å². The maximum absolute atomic E-state index is 10.0. The standard InChI is InChI=1S/C13H28O2Si/c1-9-10(2)12(14)11(3)15-16(7,8)13(4,5)6/h9-12,14H,1H2,2-8H3/t10-,11+,12+/m1/s1. The van der Waals surface area contributed by atoms with E-state index in [4.69, 9.17) is 4.43 Å². The Labute approximate surface area is 102 Å². The molecule has 0 aromatic heterocycles. The first-order valence-corrected chi connectivity index (χ1v) is 8.92. The zero-order valence-corrected chi connectivity index (χ0v) is 12.9. The molecule has 0 fully saturated rings. The van der Waals surface area contributed by atoms with Crippen molar-refractivity contribution in [3.63, 3.8) is 0 Å². The number of hydrogen-bond acceptors (Lipinski definition) is 2. The smallest absolute Gasteiger partial charge is 0.192 e. The van der Waals surface area contributed by atoms with Crippen molar-refractivity contribution in [1.82, 2.24) is 0 Å². The van der Waals surface area contributed by atoms with Crippen LogP contribution in [0.1, 0.15) is 34.6 Å². The minimum Gasteiger partial charge on any atom is -0.412 e. The molecule has 0 spiro atoms. The summed E-state index contributed by atoms with van der Waals surface area (Å²) in [6.07, 6.45) is 1.18. The van der Waals surface area contributed by atoms with Crippen molar-refractivity contribution < 1.29 is 9.53 Å². The monoisotopic (exact) mass is 244 g/mol. The molecule has 0 rings (SSSR count). The summed E-state index contributed by atoms with van der Waals surface area (Å²) in [6.45, 7) is 18.6. The zero-order valence-electron chi connectivity index (χ0n) is 11.9. The Kier molecular flexibility index (Phi) is 5.43. The molecule has 0 heterocycles. The first kappa shape index (κ1) is 15.9. The van der Waals surface area contributed by atoms with Crippen LogP contribution in [0.15, 0.2) is 12.7 Å². The van der Waals surface area contributed by atoms with Gasteiger partial charge in [0.15, 0.2) is 8.32 Å². The summed E-state index contributed by atoms with van der Waals surface area (Å²) in [5, 5.41) is 10.2. The van der Waals surface area contributed by atoms with E-state index in [1.54, 1.807) is 6.08 Å². The average molecular weight is 244 g/mol. The van der Waals surface area contributed by atoms with Gasteiger partial charge in [-0.05, 0) is 25.1 Å². The SMILES string of the molecule is C=C[C@@H](C)[C@H](O)[C@H](C)O[Si](C)(C)C(C)(C)C. The molecule has 0 bridgehead atoms. The molecule has 0 aromatic carbocycles. The largest absolute Gasteiger partial charge is 0.412 e.